The van der Waals surface area contributed by atoms with Crippen LogP contribution in [0.3, 0.4) is 0 Å². The van der Waals surface area contributed by atoms with Crippen LogP contribution in [0.2, 0.25) is 0 Å². The lowest BCUT2D eigenvalue weighted by Crippen LogP contribution is -2.42. The first-order valence-electron chi connectivity index (χ1n) is 6.78. The zero-order valence-corrected chi connectivity index (χ0v) is 12.3. The molecule has 0 saturated heterocycles. The van der Waals surface area contributed by atoms with E-state index in [0.29, 0.717) is 17.2 Å². The van der Waals surface area contributed by atoms with Crippen molar-refractivity contribution < 1.29 is 8.42 Å². The van der Waals surface area contributed by atoms with E-state index in [4.69, 9.17) is 0 Å². The Morgan fingerprint density at radius 3 is 2.35 bits per heavy atom. The van der Waals surface area contributed by atoms with Gasteiger partial charge in [-0.05, 0) is 37.6 Å². The Morgan fingerprint density at radius 2 is 1.88 bits per heavy atom. The molecule has 0 heterocycles. The zero-order valence-electron chi connectivity index (χ0n) is 11.5. The van der Waals surface area contributed by atoms with Gasteiger partial charge in [0.25, 0.3) is 0 Å². The molecule has 0 aromatic heterocycles. The molecule has 0 amide bonds. The third kappa shape index (κ3) is 4.96. The van der Waals surface area contributed by atoms with E-state index in [1.165, 1.54) is 31.9 Å². The van der Waals surface area contributed by atoms with Crippen molar-refractivity contribution in [2.24, 2.45) is 5.41 Å². The van der Waals surface area contributed by atoms with Gasteiger partial charge in [-0.15, -0.1) is 0 Å². The fraction of sp³-hybridized carbons (Fsp3) is 1.00. The molecule has 1 aliphatic rings. The zero-order chi connectivity index (χ0) is 12.9. The van der Waals surface area contributed by atoms with Crippen LogP contribution in [0.25, 0.3) is 0 Å². The number of rotatable bonds is 7. The van der Waals surface area contributed by atoms with Crippen molar-refractivity contribution in [2.45, 2.75) is 58.4 Å². The Kier molecular flexibility index (Phi) is 5.45. The third-order valence-corrected chi connectivity index (χ3v) is 5.08. The van der Waals surface area contributed by atoms with Gasteiger partial charge in [-0.1, -0.05) is 26.7 Å². The third-order valence-electron chi connectivity index (χ3n) is 4.05. The largest absolute Gasteiger partial charge is 0.314 e. The lowest BCUT2D eigenvalue weighted by Gasteiger charge is -2.35. The summed E-state index contributed by atoms with van der Waals surface area (Å²) in [6.45, 7) is 5.45. The molecular weight excluding hydrogens is 234 g/mol. The average Bonchev–Trinajstić information content (AvgIpc) is 2.63. The van der Waals surface area contributed by atoms with Gasteiger partial charge in [0.2, 0.25) is 0 Å². The molecular formula is C13H27NO2S. The highest BCUT2D eigenvalue weighted by Gasteiger charge is 2.35. The summed E-state index contributed by atoms with van der Waals surface area (Å²) in [6, 6.07) is 0.483. The second-order valence-electron chi connectivity index (χ2n) is 5.74. The van der Waals surface area contributed by atoms with Crippen LogP contribution in [-0.2, 0) is 9.84 Å². The minimum atomic E-state index is -2.81. The molecule has 3 nitrogen and oxygen atoms in total. The summed E-state index contributed by atoms with van der Waals surface area (Å²) < 4.78 is 22.3. The Hall–Kier alpha value is -0.0900. The molecule has 1 rings (SSSR count). The van der Waals surface area contributed by atoms with Crippen LogP contribution in [0.1, 0.15) is 52.4 Å². The van der Waals surface area contributed by atoms with Crippen LogP contribution < -0.4 is 5.32 Å². The molecule has 102 valence electrons. The van der Waals surface area contributed by atoms with Gasteiger partial charge in [-0.25, -0.2) is 8.42 Å². The highest BCUT2D eigenvalue weighted by atomic mass is 32.2. The van der Waals surface area contributed by atoms with Gasteiger partial charge in [-0.2, -0.15) is 0 Å². The van der Waals surface area contributed by atoms with E-state index in [0.717, 1.165) is 19.4 Å². The summed E-state index contributed by atoms with van der Waals surface area (Å²) in [7, 11) is -2.81. The lowest BCUT2D eigenvalue weighted by molar-refractivity contribution is 0.211. The van der Waals surface area contributed by atoms with Crippen LogP contribution >= 0.6 is 0 Å². The predicted molar refractivity (Wildman–Crippen MR) is 73.0 cm³/mol. The molecule has 0 spiro atoms. The van der Waals surface area contributed by atoms with Crippen LogP contribution in [0.15, 0.2) is 0 Å². The van der Waals surface area contributed by atoms with Crippen LogP contribution in [0.5, 0.6) is 0 Å². The molecule has 0 aromatic rings. The van der Waals surface area contributed by atoms with Crippen molar-refractivity contribution in [2.75, 3.05) is 18.6 Å². The van der Waals surface area contributed by atoms with Crippen molar-refractivity contribution in [1.82, 2.24) is 5.32 Å². The van der Waals surface area contributed by atoms with Crippen LogP contribution in [-0.4, -0.2) is 33.0 Å². The Bertz CT molecular complexity index is 318. The number of nitrogens with one attached hydrogen (secondary N) is 1. The summed E-state index contributed by atoms with van der Waals surface area (Å²) in [6.07, 6.45) is 8.30. The van der Waals surface area contributed by atoms with Gasteiger partial charge >= 0.3 is 0 Å². The molecule has 0 bridgehead atoms. The van der Waals surface area contributed by atoms with Crippen molar-refractivity contribution >= 4 is 9.84 Å². The monoisotopic (exact) mass is 261 g/mol. The summed E-state index contributed by atoms with van der Waals surface area (Å²) in [5, 5.41) is 3.56. The Morgan fingerprint density at radius 1 is 1.29 bits per heavy atom. The quantitative estimate of drug-likeness (QED) is 0.765. The Balaban J connectivity index is 2.48. The van der Waals surface area contributed by atoms with Gasteiger partial charge in [-0.3, -0.25) is 0 Å². The molecule has 1 saturated carbocycles. The second kappa shape index (κ2) is 6.19. The molecule has 1 fully saturated rings. The molecule has 0 radical (unpaired) electrons. The maximum atomic E-state index is 11.2. The van der Waals surface area contributed by atoms with Gasteiger partial charge in [0.15, 0.2) is 0 Å². The van der Waals surface area contributed by atoms with Crippen molar-refractivity contribution in [3.8, 4) is 0 Å². The van der Waals surface area contributed by atoms with Crippen LogP contribution in [0.4, 0.5) is 0 Å². The SMILES string of the molecule is CCNC(CCCS(C)(=O)=O)C1(C)CCCC1. The average molecular weight is 261 g/mol. The van der Waals surface area contributed by atoms with Crippen molar-refractivity contribution in [1.29, 1.82) is 0 Å². The lowest BCUT2D eigenvalue weighted by atomic mass is 9.78. The maximum Gasteiger partial charge on any atom is 0.147 e. The van der Waals surface area contributed by atoms with E-state index < -0.39 is 9.84 Å². The standard InChI is InChI=1S/C13H27NO2S/c1-4-14-12(8-7-11-17(3,15)16)13(2)9-5-6-10-13/h12,14H,4-11H2,1-3H3. The number of hydrogen-bond acceptors (Lipinski definition) is 3. The first-order chi connectivity index (χ1) is 7.87. The molecule has 1 unspecified atom stereocenters. The maximum absolute atomic E-state index is 11.2. The number of hydrogen-bond donors (Lipinski definition) is 1. The summed E-state index contributed by atoms with van der Waals surface area (Å²) in [5.41, 5.74) is 0.382. The van der Waals surface area contributed by atoms with Crippen LogP contribution in [0, 0.1) is 5.41 Å². The highest BCUT2D eigenvalue weighted by molar-refractivity contribution is 7.90. The van der Waals surface area contributed by atoms with Crippen molar-refractivity contribution in [3.05, 3.63) is 0 Å². The van der Waals surface area contributed by atoms with Gasteiger partial charge in [0.05, 0.1) is 0 Å². The predicted octanol–water partition coefficient (Wildman–Crippen LogP) is 2.37. The molecule has 1 aliphatic carbocycles. The smallest absolute Gasteiger partial charge is 0.147 e. The fourth-order valence-electron chi connectivity index (χ4n) is 3.02. The first-order valence-corrected chi connectivity index (χ1v) is 8.84. The minimum Gasteiger partial charge on any atom is -0.314 e. The normalized spacial score (nSPS) is 21.6. The Labute approximate surface area is 106 Å². The van der Waals surface area contributed by atoms with E-state index in [-0.39, 0.29) is 0 Å². The van der Waals surface area contributed by atoms with Crippen molar-refractivity contribution in [3.63, 3.8) is 0 Å². The topological polar surface area (TPSA) is 46.2 Å². The molecule has 0 aliphatic heterocycles. The van der Waals surface area contributed by atoms with E-state index in [2.05, 4.69) is 19.2 Å². The molecule has 4 heteroatoms. The van der Waals surface area contributed by atoms with E-state index >= 15 is 0 Å². The highest BCUT2D eigenvalue weighted by Crippen LogP contribution is 2.41. The molecule has 1 atom stereocenters. The summed E-state index contributed by atoms with van der Waals surface area (Å²) in [5.74, 6) is 0.324. The second-order valence-corrected chi connectivity index (χ2v) is 8.00. The summed E-state index contributed by atoms with van der Waals surface area (Å²) in [4.78, 5) is 0. The van der Waals surface area contributed by atoms with E-state index in [1.807, 2.05) is 0 Å². The number of sulfone groups is 1. The van der Waals surface area contributed by atoms with E-state index in [9.17, 15) is 8.42 Å². The first kappa shape index (κ1) is 15.0. The van der Waals surface area contributed by atoms with Gasteiger partial charge in [0.1, 0.15) is 9.84 Å². The fourth-order valence-corrected chi connectivity index (χ4v) is 3.72. The molecule has 1 N–H and O–H groups in total. The van der Waals surface area contributed by atoms with E-state index in [1.54, 1.807) is 0 Å². The minimum absolute atomic E-state index is 0.324. The van der Waals surface area contributed by atoms with Gasteiger partial charge < -0.3 is 5.32 Å². The molecule has 0 aromatic carbocycles. The van der Waals surface area contributed by atoms with Gasteiger partial charge in [0, 0.05) is 18.1 Å². The summed E-state index contributed by atoms with van der Waals surface area (Å²) >= 11 is 0. The molecule has 17 heavy (non-hydrogen) atoms.